The summed E-state index contributed by atoms with van der Waals surface area (Å²) in [6.07, 6.45) is 0. The Morgan fingerprint density at radius 3 is 1.00 bits per heavy atom. The highest BCUT2D eigenvalue weighted by molar-refractivity contribution is 9.10. The second-order valence-corrected chi connectivity index (χ2v) is 24.2. The molecular weight excluding hydrogens is 1210 g/mol. The van der Waals surface area contributed by atoms with Crippen LogP contribution in [0.25, 0.3) is 142 Å². The standard InChI is InChI=1S/C39H25N3S.C27H18BrN3.C12H9BO2S/c1-3-12-26(13-4-1)30-16-7-8-18-34(30)39-41-37(28-14-5-2-6-15-28)40-38(42-39)29-24-22-27(23-25-29)31-19-11-20-33-32-17-9-10-21-35(32)43-36(31)33;28-22-17-15-21(16-18-22)26-29-25(20-11-5-2-6-12-20)30-27(31-26)24-14-8-7-13-23(24)19-9-3-1-4-10-19;14-13(15)10-6-3-5-9-8-4-1-2-7-11(8)16-12(9)10/h1-25H;1-18H;1-7,14-15H. The van der Waals surface area contributed by atoms with Gasteiger partial charge < -0.3 is 10.0 Å². The number of fused-ring (bicyclic) bond motifs is 6. The predicted octanol–water partition coefficient (Wildman–Crippen LogP) is 19.6. The van der Waals surface area contributed by atoms with E-state index in [0.717, 1.165) is 70.2 Å². The van der Waals surface area contributed by atoms with Gasteiger partial charge in [-0.25, -0.2) is 29.9 Å². The zero-order valence-corrected chi connectivity index (χ0v) is 51.4. The third-order valence-electron chi connectivity index (χ3n) is 15.5. The van der Waals surface area contributed by atoms with Gasteiger partial charge in [0.15, 0.2) is 34.9 Å². The first kappa shape index (κ1) is 57.3. The molecule has 8 nitrogen and oxygen atoms in total. The van der Waals surface area contributed by atoms with Crippen LogP contribution in [0, 0.1) is 0 Å². The number of hydrogen-bond acceptors (Lipinski definition) is 10. The lowest BCUT2D eigenvalue weighted by Gasteiger charge is -2.12. The molecule has 12 heteroatoms. The van der Waals surface area contributed by atoms with Crippen molar-refractivity contribution < 1.29 is 10.0 Å². The molecule has 428 valence electrons. The lowest BCUT2D eigenvalue weighted by molar-refractivity contribution is 0.426. The summed E-state index contributed by atoms with van der Waals surface area (Å²) >= 11 is 6.95. The fourth-order valence-electron chi connectivity index (χ4n) is 11.1. The quantitative estimate of drug-likeness (QED) is 0.130. The van der Waals surface area contributed by atoms with Crippen LogP contribution in [-0.4, -0.2) is 47.1 Å². The molecule has 0 bridgehead atoms. The summed E-state index contributed by atoms with van der Waals surface area (Å²) in [6.45, 7) is 0. The van der Waals surface area contributed by atoms with E-state index in [1.807, 2.05) is 169 Å². The van der Waals surface area contributed by atoms with Crippen molar-refractivity contribution in [2.24, 2.45) is 0 Å². The van der Waals surface area contributed by atoms with E-state index in [1.54, 1.807) is 17.4 Å². The molecule has 0 radical (unpaired) electrons. The van der Waals surface area contributed by atoms with E-state index >= 15 is 0 Å². The van der Waals surface area contributed by atoms with E-state index in [-0.39, 0.29) is 0 Å². The van der Waals surface area contributed by atoms with Crippen LogP contribution in [0.5, 0.6) is 0 Å². The second-order valence-electron chi connectivity index (χ2n) is 21.2. The topological polar surface area (TPSA) is 118 Å². The van der Waals surface area contributed by atoms with Crippen LogP contribution in [0.2, 0.25) is 0 Å². The van der Waals surface area contributed by atoms with E-state index < -0.39 is 7.12 Å². The molecule has 90 heavy (non-hydrogen) atoms. The Hall–Kier alpha value is -10.4. The average Bonchev–Trinajstić information content (AvgIpc) is 2.06. The summed E-state index contributed by atoms with van der Waals surface area (Å²) in [7, 11) is -1.41. The Bertz CT molecular complexity index is 5170. The lowest BCUT2D eigenvalue weighted by atomic mass is 9.80. The third kappa shape index (κ3) is 12.1. The summed E-state index contributed by atoms with van der Waals surface area (Å²) in [5, 5.41) is 23.5. The molecule has 0 saturated heterocycles. The molecule has 16 rings (SSSR count). The van der Waals surface area contributed by atoms with Crippen LogP contribution in [0.4, 0.5) is 0 Å². The minimum Gasteiger partial charge on any atom is -0.423 e. The van der Waals surface area contributed by atoms with Crippen molar-refractivity contribution in [3.63, 3.8) is 0 Å². The van der Waals surface area contributed by atoms with Gasteiger partial charge in [-0.1, -0.05) is 295 Å². The van der Waals surface area contributed by atoms with Gasteiger partial charge in [0.25, 0.3) is 0 Å². The first-order valence-electron chi connectivity index (χ1n) is 29.3. The first-order chi connectivity index (χ1) is 44.4. The minimum absolute atomic E-state index is 0.582. The van der Waals surface area contributed by atoms with Gasteiger partial charge in [0.05, 0.1) is 0 Å². The highest BCUT2D eigenvalue weighted by Gasteiger charge is 2.20. The van der Waals surface area contributed by atoms with Crippen molar-refractivity contribution in [1.29, 1.82) is 0 Å². The zero-order chi connectivity index (χ0) is 60.8. The molecule has 0 spiro atoms. The summed E-state index contributed by atoms with van der Waals surface area (Å²) in [5.74, 6) is 3.93. The molecule has 16 aromatic rings. The van der Waals surface area contributed by atoms with Gasteiger partial charge in [-0.05, 0) is 68.5 Å². The molecule has 0 aliphatic heterocycles. The maximum absolute atomic E-state index is 9.31. The maximum Gasteiger partial charge on any atom is 0.489 e. The van der Waals surface area contributed by atoms with Crippen LogP contribution < -0.4 is 5.46 Å². The zero-order valence-electron chi connectivity index (χ0n) is 48.2. The normalized spacial score (nSPS) is 11.1. The fourth-order valence-corrected chi connectivity index (χ4v) is 13.9. The molecule has 2 N–H and O–H groups in total. The molecular formula is C78H52BBrN6O2S2. The Morgan fingerprint density at radius 2 is 0.544 bits per heavy atom. The lowest BCUT2D eigenvalue weighted by Crippen LogP contribution is -2.29. The summed E-state index contributed by atoms with van der Waals surface area (Å²) in [6, 6.07) is 103. The number of aromatic nitrogens is 6. The molecule has 0 atom stereocenters. The SMILES string of the molecule is Brc1ccc(-c2nc(-c3ccccc3)nc(-c3ccccc3-c3ccccc3)n2)cc1.OB(O)c1cccc2c1sc1ccccc12.c1ccc(-c2nc(-c3ccc(-c4cccc5c4sc4ccccc45)cc3)nc(-c3ccccc3-c3ccccc3)n2)cc1. The van der Waals surface area contributed by atoms with Crippen LogP contribution >= 0.6 is 38.6 Å². The monoisotopic (exact) mass is 1260 g/mol. The summed E-state index contributed by atoms with van der Waals surface area (Å²) < 4.78 is 5.76. The van der Waals surface area contributed by atoms with Crippen LogP contribution in [0.15, 0.2) is 308 Å². The van der Waals surface area contributed by atoms with Crippen molar-refractivity contribution in [2.45, 2.75) is 0 Å². The van der Waals surface area contributed by atoms with Crippen LogP contribution in [0.1, 0.15) is 0 Å². The van der Waals surface area contributed by atoms with Gasteiger partial charge in [-0.15, -0.1) is 22.7 Å². The Morgan fingerprint density at radius 1 is 0.244 bits per heavy atom. The smallest absolute Gasteiger partial charge is 0.423 e. The van der Waals surface area contributed by atoms with Crippen molar-refractivity contribution >= 4 is 91.5 Å². The predicted molar refractivity (Wildman–Crippen MR) is 378 cm³/mol. The molecule has 4 aromatic heterocycles. The highest BCUT2D eigenvalue weighted by Crippen LogP contribution is 2.41. The van der Waals surface area contributed by atoms with E-state index in [0.29, 0.717) is 40.4 Å². The maximum atomic E-state index is 9.31. The van der Waals surface area contributed by atoms with Crippen molar-refractivity contribution in [3.8, 4) is 102 Å². The van der Waals surface area contributed by atoms with Gasteiger partial charge >= 0.3 is 7.12 Å². The summed E-state index contributed by atoms with van der Waals surface area (Å²) in [4.78, 5) is 29.5. The molecule has 0 saturated carbocycles. The first-order valence-corrected chi connectivity index (χ1v) is 31.8. The number of halogens is 1. The van der Waals surface area contributed by atoms with Gasteiger partial charge in [-0.2, -0.15) is 0 Å². The Balaban J connectivity index is 0.000000130. The second kappa shape index (κ2) is 26.1. The molecule has 0 aliphatic rings. The Kier molecular flexibility index (Phi) is 16.6. The largest absolute Gasteiger partial charge is 0.489 e. The van der Waals surface area contributed by atoms with Crippen molar-refractivity contribution in [1.82, 2.24) is 29.9 Å². The van der Waals surface area contributed by atoms with Crippen molar-refractivity contribution in [2.75, 3.05) is 0 Å². The number of hydrogen-bond donors (Lipinski definition) is 2. The third-order valence-corrected chi connectivity index (χ3v) is 18.5. The van der Waals surface area contributed by atoms with Crippen LogP contribution in [-0.2, 0) is 0 Å². The molecule has 0 fully saturated rings. The van der Waals surface area contributed by atoms with Crippen LogP contribution in [0.3, 0.4) is 0 Å². The van der Waals surface area contributed by atoms with Gasteiger partial charge in [-0.3, -0.25) is 0 Å². The Labute approximate surface area is 537 Å². The van der Waals surface area contributed by atoms with E-state index in [9.17, 15) is 10.0 Å². The van der Waals surface area contributed by atoms with Gasteiger partial charge in [0.1, 0.15) is 0 Å². The van der Waals surface area contributed by atoms with Gasteiger partial charge in [0.2, 0.25) is 0 Å². The van der Waals surface area contributed by atoms with E-state index in [1.165, 1.54) is 41.4 Å². The molecule has 0 amide bonds. The number of thiophene rings is 2. The van der Waals surface area contributed by atoms with Crippen molar-refractivity contribution in [3.05, 3.63) is 308 Å². The number of nitrogens with zero attached hydrogens (tertiary/aromatic N) is 6. The summed E-state index contributed by atoms with van der Waals surface area (Å²) in [5.41, 5.74) is 13.2. The average molecular weight is 1260 g/mol. The minimum atomic E-state index is -1.41. The molecule has 0 unspecified atom stereocenters. The highest BCUT2D eigenvalue weighted by atomic mass is 79.9. The molecule has 4 heterocycles. The van der Waals surface area contributed by atoms with E-state index in [4.69, 9.17) is 29.9 Å². The molecule has 0 aliphatic carbocycles. The van der Waals surface area contributed by atoms with Gasteiger partial charge in [0, 0.05) is 72.8 Å². The fraction of sp³-hybridized carbons (Fsp3) is 0. The number of benzene rings is 12. The molecule has 12 aromatic carbocycles. The number of rotatable bonds is 10. The van der Waals surface area contributed by atoms with E-state index in [2.05, 4.69) is 155 Å².